The van der Waals surface area contributed by atoms with E-state index in [0.29, 0.717) is 11.8 Å². The van der Waals surface area contributed by atoms with Gasteiger partial charge in [-0.3, -0.25) is 4.68 Å². The number of hydrogen-bond donors (Lipinski definition) is 2. The van der Waals surface area contributed by atoms with Crippen LogP contribution in [0, 0.1) is 11.6 Å². The van der Waals surface area contributed by atoms with Crippen molar-refractivity contribution in [3.8, 4) is 0 Å². The molecule has 0 atom stereocenters. The molecule has 1 heterocycles. The quantitative estimate of drug-likeness (QED) is 0.851. The number of nitrogen functional groups attached to an aromatic ring is 1. The Kier molecular flexibility index (Phi) is 4.00. The molecule has 6 nitrogen and oxygen atoms in total. The molecule has 0 amide bonds. The molecule has 20 heavy (non-hydrogen) atoms. The third kappa shape index (κ3) is 3.31. The van der Waals surface area contributed by atoms with Gasteiger partial charge in [-0.2, -0.15) is 5.10 Å². The molecule has 1 aromatic heterocycles. The van der Waals surface area contributed by atoms with Crippen molar-refractivity contribution >= 4 is 15.7 Å². The molecule has 0 unspecified atom stereocenters. The first-order chi connectivity index (χ1) is 9.38. The van der Waals surface area contributed by atoms with E-state index in [2.05, 4.69) is 9.82 Å². The van der Waals surface area contributed by atoms with Crippen LogP contribution in [0.15, 0.2) is 35.5 Å². The SMILES string of the molecule is Nc1cnn(CCNS(=O)(=O)c2ccc(F)cc2F)c1. The van der Waals surface area contributed by atoms with E-state index < -0.39 is 26.6 Å². The lowest BCUT2D eigenvalue weighted by molar-refractivity contribution is 0.536. The molecule has 9 heteroatoms. The number of aromatic nitrogens is 2. The van der Waals surface area contributed by atoms with Crippen LogP contribution in [0.3, 0.4) is 0 Å². The predicted molar refractivity (Wildman–Crippen MR) is 68.2 cm³/mol. The number of hydrogen-bond acceptors (Lipinski definition) is 4. The van der Waals surface area contributed by atoms with Crippen molar-refractivity contribution in [2.45, 2.75) is 11.4 Å². The second-order valence-electron chi connectivity index (χ2n) is 4.01. The van der Waals surface area contributed by atoms with Gasteiger partial charge in [-0.1, -0.05) is 0 Å². The monoisotopic (exact) mass is 302 g/mol. The number of sulfonamides is 1. The van der Waals surface area contributed by atoms with E-state index in [-0.39, 0.29) is 13.1 Å². The summed E-state index contributed by atoms with van der Waals surface area (Å²) < 4.78 is 53.4. The molecule has 0 spiro atoms. The van der Waals surface area contributed by atoms with Gasteiger partial charge in [0.05, 0.1) is 18.4 Å². The Hall–Kier alpha value is -2.00. The van der Waals surface area contributed by atoms with Gasteiger partial charge in [0, 0.05) is 18.8 Å². The Morgan fingerprint density at radius 3 is 2.70 bits per heavy atom. The summed E-state index contributed by atoms with van der Waals surface area (Å²) in [6.45, 7) is 0.236. The van der Waals surface area contributed by atoms with E-state index in [0.717, 1.165) is 12.1 Å². The van der Waals surface area contributed by atoms with Crippen molar-refractivity contribution in [2.75, 3.05) is 12.3 Å². The number of nitrogens with zero attached hydrogens (tertiary/aromatic N) is 2. The van der Waals surface area contributed by atoms with Crippen molar-refractivity contribution in [1.82, 2.24) is 14.5 Å². The topological polar surface area (TPSA) is 90.0 Å². The Morgan fingerprint density at radius 1 is 1.35 bits per heavy atom. The molecule has 2 rings (SSSR count). The van der Waals surface area contributed by atoms with Gasteiger partial charge in [0.15, 0.2) is 0 Å². The van der Waals surface area contributed by atoms with Crippen LogP contribution < -0.4 is 10.5 Å². The highest BCUT2D eigenvalue weighted by Crippen LogP contribution is 2.15. The molecular formula is C11H12F2N4O2S. The van der Waals surface area contributed by atoms with E-state index in [1.807, 2.05) is 0 Å². The smallest absolute Gasteiger partial charge is 0.243 e. The van der Waals surface area contributed by atoms with Crippen molar-refractivity contribution in [3.63, 3.8) is 0 Å². The van der Waals surface area contributed by atoms with Gasteiger partial charge in [-0.25, -0.2) is 21.9 Å². The van der Waals surface area contributed by atoms with Crippen LogP contribution in [0.4, 0.5) is 14.5 Å². The highest BCUT2D eigenvalue weighted by Gasteiger charge is 2.18. The maximum atomic E-state index is 13.4. The second-order valence-corrected chi connectivity index (χ2v) is 5.74. The third-order valence-electron chi connectivity index (χ3n) is 2.47. The maximum Gasteiger partial charge on any atom is 0.243 e. The molecule has 0 aliphatic heterocycles. The molecule has 3 N–H and O–H groups in total. The minimum Gasteiger partial charge on any atom is -0.396 e. The average molecular weight is 302 g/mol. The molecular weight excluding hydrogens is 290 g/mol. The summed E-state index contributed by atoms with van der Waals surface area (Å²) in [6.07, 6.45) is 2.96. The van der Waals surface area contributed by atoms with Crippen LogP contribution in [0.1, 0.15) is 0 Å². The number of anilines is 1. The van der Waals surface area contributed by atoms with Crippen LogP contribution in [0.5, 0.6) is 0 Å². The molecule has 0 fully saturated rings. The molecule has 0 aliphatic carbocycles. The van der Waals surface area contributed by atoms with Crippen LogP contribution in [0.2, 0.25) is 0 Å². The van der Waals surface area contributed by atoms with E-state index in [4.69, 9.17) is 5.73 Å². The number of rotatable bonds is 5. The minimum atomic E-state index is -4.04. The number of halogens is 2. The van der Waals surface area contributed by atoms with Crippen molar-refractivity contribution in [1.29, 1.82) is 0 Å². The van der Waals surface area contributed by atoms with Crippen molar-refractivity contribution < 1.29 is 17.2 Å². The standard InChI is InChI=1S/C11H12F2N4O2S/c12-8-1-2-11(10(13)5-8)20(18,19)16-3-4-17-7-9(14)6-15-17/h1-2,5-7,16H,3-4,14H2. The molecule has 108 valence electrons. The maximum absolute atomic E-state index is 13.4. The number of benzene rings is 1. The Balaban J connectivity index is 2.04. The van der Waals surface area contributed by atoms with Gasteiger partial charge in [0.2, 0.25) is 10.0 Å². The average Bonchev–Trinajstić information content (AvgIpc) is 2.74. The van der Waals surface area contributed by atoms with E-state index in [9.17, 15) is 17.2 Å². The highest BCUT2D eigenvalue weighted by atomic mass is 32.2. The summed E-state index contributed by atoms with van der Waals surface area (Å²) in [4.78, 5) is -0.598. The molecule has 0 aliphatic rings. The highest BCUT2D eigenvalue weighted by molar-refractivity contribution is 7.89. The molecule has 0 saturated heterocycles. The van der Waals surface area contributed by atoms with Crippen LogP contribution in [-0.4, -0.2) is 24.7 Å². The minimum absolute atomic E-state index is 0.000268. The summed E-state index contributed by atoms with van der Waals surface area (Å²) in [5.74, 6) is -1.98. The third-order valence-corrected chi connectivity index (χ3v) is 3.96. The molecule has 2 aromatic rings. The van der Waals surface area contributed by atoms with E-state index in [1.165, 1.54) is 17.1 Å². The van der Waals surface area contributed by atoms with E-state index in [1.54, 1.807) is 0 Å². The predicted octanol–water partition coefficient (Wildman–Crippen LogP) is 0.722. The zero-order valence-corrected chi connectivity index (χ0v) is 11.1. The number of nitrogens with one attached hydrogen (secondary N) is 1. The largest absolute Gasteiger partial charge is 0.396 e. The van der Waals surface area contributed by atoms with Crippen molar-refractivity contribution in [2.24, 2.45) is 0 Å². The normalized spacial score (nSPS) is 11.7. The second kappa shape index (κ2) is 5.55. The summed E-state index contributed by atoms with van der Waals surface area (Å²) in [5, 5.41) is 3.87. The molecule has 0 radical (unpaired) electrons. The van der Waals surface area contributed by atoms with Crippen LogP contribution >= 0.6 is 0 Å². The first kappa shape index (κ1) is 14.4. The fourth-order valence-corrected chi connectivity index (χ4v) is 2.65. The lowest BCUT2D eigenvalue weighted by atomic mass is 10.3. The van der Waals surface area contributed by atoms with Crippen LogP contribution in [0.25, 0.3) is 0 Å². The Morgan fingerprint density at radius 2 is 2.10 bits per heavy atom. The lowest BCUT2D eigenvalue weighted by Gasteiger charge is -2.07. The first-order valence-electron chi connectivity index (χ1n) is 5.61. The fraction of sp³-hybridized carbons (Fsp3) is 0.182. The van der Waals surface area contributed by atoms with Crippen LogP contribution in [-0.2, 0) is 16.6 Å². The van der Waals surface area contributed by atoms with Gasteiger partial charge in [0.25, 0.3) is 0 Å². The summed E-state index contributed by atoms with van der Waals surface area (Å²) in [7, 11) is -4.04. The van der Waals surface area contributed by atoms with Gasteiger partial charge in [-0.15, -0.1) is 0 Å². The zero-order valence-electron chi connectivity index (χ0n) is 10.3. The molecule has 1 aromatic carbocycles. The van der Waals surface area contributed by atoms with E-state index >= 15 is 0 Å². The molecule has 0 bridgehead atoms. The Labute approximate surface area is 114 Å². The molecule has 0 saturated carbocycles. The van der Waals surface area contributed by atoms with Gasteiger partial charge >= 0.3 is 0 Å². The van der Waals surface area contributed by atoms with Gasteiger partial charge in [0.1, 0.15) is 16.5 Å². The summed E-state index contributed by atoms with van der Waals surface area (Å²) >= 11 is 0. The fourth-order valence-electron chi connectivity index (χ4n) is 1.57. The van der Waals surface area contributed by atoms with Gasteiger partial charge in [-0.05, 0) is 12.1 Å². The summed E-state index contributed by atoms with van der Waals surface area (Å²) in [5.41, 5.74) is 5.91. The summed E-state index contributed by atoms with van der Waals surface area (Å²) in [6, 6.07) is 2.27. The Bertz CT molecular complexity index is 715. The van der Waals surface area contributed by atoms with Crippen molar-refractivity contribution in [3.05, 3.63) is 42.2 Å². The number of nitrogens with two attached hydrogens (primary N) is 1. The lowest BCUT2D eigenvalue weighted by Crippen LogP contribution is -2.28. The first-order valence-corrected chi connectivity index (χ1v) is 7.09. The zero-order chi connectivity index (χ0) is 14.8. The van der Waals surface area contributed by atoms with Gasteiger partial charge < -0.3 is 5.73 Å².